The van der Waals surface area contributed by atoms with Crippen LogP contribution in [0.4, 0.5) is 22.5 Å². The number of anilines is 4. The number of imidazole rings is 1. The monoisotopic (exact) mass is 380 g/mol. The molecular formula is C18H20N8S. The summed E-state index contributed by atoms with van der Waals surface area (Å²) in [6.45, 7) is 3.68. The molecule has 0 saturated heterocycles. The standard InChI is InChI=1S/C18H20N8S/c1-12-4-2-5-13-15(12)24-18(27-13)25-17-14(19)16(22-10-23-17)21-6-3-8-26-9-7-20-11-26/h2,4-5,7,9-11H,3,6,8,19H2,1H3,(H2,21,22,23,24,25). The normalized spacial score (nSPS) is 11.0. The highest BCUT2D eigenvalue weighted by atomic mass is 32.1. The molecule has 3 aromatic heterocycles. The van der Waals surface area contributed by atoms with E-state index in [1.165, 1.54) is 6.33 Å². The van der Waals surface area contributed by atoms with Crippen molar-refractivity contribution in [1.29, 1.82) is 0 Å². The van der Waals surface area contributed by atoms with Crippen LogP contribution in [0.25, 0.3) is 10.2 Å². The number of nitrogens with two attached hydrogens (primary N) is 1. The average Bonchev–Trinajstić information content (AvgIpc) is 3.32. The van der Waals surface area contributed by atoms with Gasteiger partial charge < -0.3 is 20.9 Å². The Morgan fingerprint density at radius 1 is 1.22 bits per heavy atom. The second kappa shape index (κ2) is 7.58. The van der Waals surface area contributed by atoms with E-state index in [0.29, 0.717) is 17.3 Å². The third-order valence-electron chi connectivity index (χ3n) is 4.17. The van der Waals surface area contributed by atoms with E-state index >= 15 is 0 Å². The van der Waals surface area contributed by atoms with Crippen molar-refractivity contribution in [1.82, 2.24) is 24.5 Å². The van der Waals surface area contributed by atoms with Crippen LogP contribution >= 0.6 is 11.3 Å². The number of aromatic nitrogens is 5. The predicted molar refractivity (Wildman–Crippen MR) is 109 cm³/mol. The van der Waals surface area contributed by atoms with E-state index in [1.807, 2.05) is 16.8 Å². The molecular weight excluding hydrogens is 360 g/mol. The number of aryl methyl sites for hydroxylation is 2. The Labute approximate surface area is 160 Å². The van der Waals surface area contributed by atoms with Gasteiger partial charge in [-0.2, -0.15) is 0 Å². The third kappa shape index (κ3) is 3.82. The topological polar surface area (TPSA) is 107 Å². The van der Waals surface area contributed by atoms with Crippen LogP contribution in [0.1, 0.15) is 12.0 Å². The number of thiazole rings is 1. The van der Waals surface area contributed by atoms with E-state index in [0.717, 1.165) is 40.4 Å². The average molecular weight is 380 g/mol. The van der Waals surface area contributed by atoms with E-state index in [4.69, 9.17) is 5.73 Å². The summed E-state index contributed by atoms with van der Waals surface area (Å²) < 4.78 is 3.16. The minimum atomic E-state index is 0.483. The summed E-state index contributed by atoms with van der Waals surface area (Å²) in [6, 6.07) is 6.14. The summed E-state index contributed by atoms with van der Waals surface area (Å²) in [5, 5.41) is 7.25. The highest BCUT2D eigenvalue weighted by molar-refractivity contribution is 7.22. The number of benzene rings is 1. The van der Waals surface area contributed by atoms with Gasteiger partial charge in [-0.05, 0) is 25.0 Å². The van der Waals surface area contributed by atoms with Crippen molar-refractivity contribution in [3.05, 3.63) is 48.8 Å². The molecule has 27 heavy (non-hydrogen) atoms. The molecule has 9 heteroatoms. The molecule has 0 radical (unpaired) electrons. The van der Waals surface area contributed by atoms with E-state index < -0.39 is 0 Å². The number of nitrogens with one attached hydrogen (secondary N) is 2. The van der Waals surface area contributed by atoms with Crippen molar-refractivity contribution in [3.8, 4) is 0 Å². The minimum Gasteiger partial charge on any atom is -0.393 e. The van der Waals surface area contributed by atoms with Crippen LogP contribution < -0.4 is 16.4 Å². The molecule has 0 amide bonds. The SMILES string of the molecule is Cc1cccc2sc(Nc3ncnc(NCCCn4ccnc4)c3N)nc12. The molecule has 0 spiro atoms. The zero-order valence-electron chi connectivity index (χ0n) is 14.9. The molecule has 3 heterocycles. The van der Waals surface area contributed by atoms with Crippen molar-refractivity contribution in [2.24, 2.45) is 0 Å². The Morgan fingerprint density at radius 2 is 2.11 bits per heavy atom. The smallest absolute Gasteiger partial charge is 0.189 e. The van der Waals surface area contributed by atoms with Crippen LogP contribution in [-0.2, 0) is 6.54 Å². The van der Waals surface area contributed by atoms with E-state index in [1.54, 1.807) is 23.9 Å². The summed E-state index contributed by atoms with van der Waals surface area (Å²) >= 11 is 1.57. The van der Waals surface area contributed by atoms with Crippen LogP contribution in [0.3, 0.4) is 0 Å². The molecule has 0 aliphatic rings. The lowest BCUT2D eigenvalue weighted by Gasteiger charge is -2.11. The summed E-state index contributed by atoms with van der Waals surface area (Å²) in [4.78, 5) is 17.2. The number of fused-ring (bicyclic) bond motifs is 1. The number of para-hydroxylation sites is 1. The fourth-order valence-electron chi connectivity index (χ4n) is 2.76. The lowest BCUT2D eigenvalue weighted by atomic mass is 10.2. The second-order valence-corrected chi connectivity index (χ2v) is 7.16. The maximum absolute atomic E-state index is 6.24. The number of nitrogens with zero attached hydrogens (tertiary/aromatic N) is 5. The van der Waals surface area contributed by atoms with Crippen molar-refractivity contribution in [3.63, 3.8) is 0 Å². The molecule has 4 aromatic rings. The quantitative estimate of drug-likeness (QED) is 0.422. The Hall–Kier alpha value is -3.20. The zero-order chi connectivity index (χ0) is 18.6. The Morgan fingerprint density at radius 3 is 2.93 bits per heavy atom. The van der Waals surface area contributed by atoms with Gasteiger partial charge in [0.05, 0.1) is 16.5 Å². The van der Waals surface area contributed by atoms with Gasteiger partial charge in [-0.3, -0.25) is 0 Å². The molecule has 0 aliphatic carbocycles. The molecule has 1 aromatic carbocycles. The fraction of sp³-hybridized carbons (Fsp3) is 0.222. The number of hydrogen-bond donors (Lipinski definition) is 3. The molecule has 0 atom stereocenters. The van der Waals surface area contributed by atoms with Crippen molar-refractivity contribution >= 4 is 44.0 Å². The van der Waals surface area contributed by atoms with Crippen LogP contribution in [0.5, 0.6) is 0 Å². The maximum atomic E-state index is 6.24. The first-order chi connectivity index (χ1) is 13.2. The first kappa shape index (κ1) is 17.2. The van der Waals surface area contributed by atoms with Crippen LogP contribution in [-0.4, -0.2) is 31.0 Å². The van der Waals surface area contributed by atoms with Crippen molar-refractivity contribution < 1.29 is 0 Å². The van der Waals surface area contributed by atoms with E-state index in [2.05, 4.69) is 49.6 Å². The molecule has 0 aliphatic heterocycles. The fourth-order valence-corrected chi connectivity index (χ4v) is 3.71. The highest BCUT2D eigenvalue weighted by Crippen LogP contribution is 2.32. The lowest BCUT2D eigenvalue weighted by Crippen LogP contribution is -2.10. The van der Waals surface area contributed by atoms with Crippen molar-refractivity contribution in [2.45, 2.75) is 19.9 Å². The molecule has 0 fully saturated rings. The van der Waals surface area contributed by atoms with Gasteiger partial charge in [-0.25, -0.2) is 19.9 Å². The van der Waals surface area contributed by atoms with Gasteiger partial charge >= 0.3 is 0 Å². The van der Waals surface area contributed by atoms with Gasteiger partial charge in [0.2, 0.25) is 0 Å². The first-order valence-electron chi connectivity index (χ1n) is 8.64. The number of hydrogen-bond acceptors (Lipinski definition) is 8. The summed E-state index contributed by atoms with van der Waals surface area (Å²) in [5.74, 6) is 1.18. The lowest BCUT2D eigenvalue weighted by molar-refractivity contribution is 0.660. The van der Waals surface area contributed by atoms with Gasteiger partial charge in [0, 0.05) is 25.5 Å². The van der Waals surface area contributed by atoms with Crippen LogP contribution in [0.2, 0.25) is 0 Å². The summed E-state index contributed by atoms with van der Waals surface area (Å²) in [7, 11) is 0. The predicted octanol–water partition coefficient (Wildman–Crippen LogP) is 3.42. The molecule has 0 unspecified atom stereocenters. The van der Waals surface area contributed by atoms with Gasteiger partial charge in [-0.1, -0.05) is 23.5 Å². The minimum absolute atomic E-state index is 0.483. The van der Waals surface area contributed by atoms with E-state index in [9.17, 15) is 0 Å². The largest absolute Gasteiger partial charge is 0.393 e. The first-order valence-corrected chi connectivity index (χ1v) is 9.45. The second-order valence-electron chi connectivity index (χ2n) is 6.13. The van der Waals surface area contributed by atoms with Crippen LogP contribution in [0, 0.1) is 6.92 Å². The summed E-state index contributed by atoms with van der Waals surface area (Å²) in [6.07, 6.45) is 7.95. The Balaban J connectivity index is 1.43. The molecule has 0 bridgehead atoms. The van der Waals surface area contributed by atoms with Gasteiger partial charge in [0.1, 0.15) is 12.0 Å². The zero-order valence-corrected chi connectivity index (χ0v) is 15.7. The molecule has 4 rings (SSSR count). The van der Waals surface area contributed by atoms with Gasteiger partial charge in [0.15, 0.2) is 16.8 Å². The highest BCUT2D eigenvalue weighted by Gasteiger charge is 2.11. The van der Waals surface area contributed by atoms with E-state index in [-0.39, 0.29) is 0 Å². The number of rotatable bonds is 7. The van der Waals surface area contributed by atoms with Gasteiger partial charge in [0.25, 0.3) is 0 Å². The number of nitrogen functional groups attached to an aromatic ring is 1. The molecule has 4 N–H and O–H groups in total. The molecule has 8 nitrogen and oxygen atoms in total. The molecule has 0 saturated carbocycles. The Kier molecular flexibility index (Phi) is 4.84. The maximum Gasteiger partial charge on any atom is 0.189 e. The molecule has 138 valence electrons. The third-order valence-corrected chi connectivity index (χ3v) is 5.11. The summed E-state index contributed by atoms with van der Waals surface area (Å²) in [5.41, 5.74) is 8.87. The van der Waals surface area contributed by atoms with Crippen LogP contribution in [0.15, 0.2) is 43.2 Å². The van der Waals surface area contributed by atoms with Gasteiger partial charge in [-0.15, -0.1) is 0 Å². The van der Waals surface area contributed by atoms with Crippen molar-refractivity contribution in [2.75, 3.05) is 22.9 Å². The Bertz CT molecular complexity index is 1040.